The highest BCUT2D eigenvalue weighted by Crippen LogP contribution is 2.39. The fourth-order valence-electron chi connectivity index (χ4n) is 3.68. The Hall–Kier alpha value is -2.51. The second-order valence-electron chi connectivity index (χ2n) is 7.68. The van der Waals surface area contributed by atoms with E-state index >= 15 is 0 Å². The van der Waals surface area contributed by atoms with Crippen molar-refractivity contribution >= 4 is 34.6 Å². The van der Waals surface area contributed by atoms with Crippen molar-refractivity contribution in [3.05, 3.63) is 62.5 Å². The van der Waals surface area contributed by atoms with Gasteiger partial charge in [0.25, 0.3) is 0 Å². The van der Waals surface area contributed by atoms with Crippen LogP contribution in [0.3, 0.4) is 0 Å². The number of benzene rings is 1. The highest BCUT2D eigenvalue weighted by Gasteiger charge is 2.32. The van der Waals surface area contributed by atoms with E-state index in [9.17, 15) is 4.79 Å². The number of thiophene rings is 1. The van der Waals surface area contributed by atoms with Crippen LogP contribution in [0.5, 0.6) is 0 Å². The standard InChI is InChI=1S/C23H25ClN4O2S/c1-5-6-11-30-19(29)12-18-22-27-26-15(4)28(22)23-20(13(2)14(3)31-23)21(25-18)16-7-9-17(24)10-8-16/h7-10,18H,5-6,11-12H2,1-4H3. The van der Waals surface area contributed by atoms with Gasteiger partial charge in [0.05, 0.1) is 18.7 Å². The van der Waals surface area contributed by atoms with E-state index in [1.54, 1.807) is 11.3 Å². The minimum atomic E-state index is -0.486. The first-order chi connectivity index (χ1) is 14.9. The fraction of sp³-hybridized carbons (Fsp3) is 0.391. The molecule has 2 aromatic heterocycles. The SMILES string of the molecule is CCCCOC(=O)CC1N=C(c2ccc(Cl)cc2)c2c(sc(C)c2C)-n2c(C)nnc21. The molecule has 1 aliphatic rings. The number of aryl methyl sites for hydroxylation is 2. The van der Waals surface area contributed by atoms with Crippen molar-refractivity contribution in [3.63, 3.8) is 0 Å². The Bertz CT molecular complexity index is 1150. The second-order valence-corrected chi connectivity index (χ2v) is 9.32. The van der Waals surface area contributed by atoms with E-state index < -0.39 is 6.04 Å². The minimum absolute atomic E-state index is 0.117. The summed E-state index contributed by atoms with van der Waals surface area (Å²) < 4.78 is 7.46. The second kappa shape index (κ2) is 8.93. The predicted molar refractivity (Wildman–Crippen MR) is 124 cm³/mol. The monoisotopic (exact) mass is 456 g/mol. The maximum Gasteiger partial charge on any atom is 0.308 e. The maximum absolute atomic E-state index is 12.6. The summed E-state index contributed by atoms with van der Waals surface area (Å²) in [7, 11) is 0. The molecule has 1 unspecified atom stereocenters. The van der Waals surface area contributed by atoms with Gasteiger partial charge in [-0.15, -0.1) is 21.5 Å². The van der Waals surface area contributed by atoms with Gasteiger partial charge in [0.1, 0.15) is 16.9 Å². The fourth-order valence-corrected chi connectivity index (χ4v) is 5.02. The van der Waals surface area contributed by atoms with E-state index in [1.165, 1.54) is 10.4 Å². The molecule has 0 aliphatic carbocycles. The molecule has 1 atom stereocenters. The zero-order valence-electron chi connectivity index (χ0n) is 18.1. The largest absolute Gasteiger partial charge is 0.466 e. The molecule has 0 bridgehead atoms. The molecule has 3 aromatic rings. The molecule has 31 heavy (non-hydrogen) atoms. The molecule has 1 aliphatic heterocycles. The number of hydrogen-bond donors (Lipinski definition) is 0. The van der Waals surface area contributed by atoms with Crippen molar-refractivity contribution in [2.45, 2.75) is 53.0 Å². The van der Waals surface area contributed by atoms with Gasteiger partial charge in [-0.2, -0.15) is 0 Å². The van der Waals surface area contributed by atoms with Gasteiger partial charge in [0, 0.05) is 21.0 Å². The zero-order chi connectivity index (χ0) is 22.1. The third-order valence-corrected chi connectivity index (χ3v) is 6.92. The molecular formula is C23H25ClN4O2S. The summed E-state index contributed by atoms with van der Waals surface area (Å²) in [6.07, 6.45) is 1.94. The molecule has 8 heteroatoms. The van der Waals surface area contributed by atoms with E-state index in [0.717, 1.165) is 40.5 Å². The molecule has 162 valence electrons. The Balaban J connectivity index is 1.85. The quantitative estimate of drug-likeness (QED) is 0.361. The number of carbonyl (C=O) groups excluding carboxylic acids is 1. The third kappa shape index (κ3) is 4.16. The van der Waals surface area contributed by atoms with Crippen molar-refractivity contribution in [3.8, 4) is 5.00 Å². The first-order valence-corrected chi connectivity index (χ1v) is 11.6. The Morgan fingerprint density at radius 3 is 2.65 bits per heavy atom. The van der Waals surface area contributed by atoms with Crippen LogP contribution in [0.1, 0.15) is 65.4 Å². The number of aromatic nitrogens is 3. The average Bonchev–Trinajstić information content (AvgIpc) is 3.21. The van der Waals surface area contributed by atoms with Crippen LogP contribution in [0.2, 0.25) is 5.02 Å². The van der Waals surface area contributed by atoms with Crippen molar-refractivity contribution < 1.29 is 9.53 Å². The van der Waals surface area contributed by atoms with E-state index in [4.69, 9.17) is 21.3 Å². The number of halogens is 1. The van der Waals surface area contributed by atoms with Crippen molar-refractivity contribution in [1.29, 1.82) is 0 Å². The molecule has 1 aromatic carbocycles. The Kier molecular flexibility index (Phi) is 6.25. The molecule has 0 fully saturated rings. The van der Waals surface area contributed by atoms with Crippen LogP contribution in [-0.4, -0.2) is 33.1 Å². The lowest BCUT2D eigenvalue weighted by Crippen LogP contribution is -2.14. The molecule has 0 amide bonds. The molecular weight excluding hydrogens is 432 g/mol. The molecule has 0 spiro atoms. The van der Waals surface area contributed by atoms with Gasteiger partial charge in [0.2, 0.25) is 0 Å². The molecule has 0 radical (unpaired) electrons. The highest BCUT2D eigenvalue weighted by atomic mass is 35.5. The van der Waals surface area contributed by atoms with Crippen LogP contribution in [0.25, 0.3) is 5.00 Å². The zero-order valence-corrected chi connectivity index (χ0v) is 19.7. The summed E-state index contributed by atoms with van der Waals surface area (Å²) in [5, 5.41) is 10.4. The first-order valence-electron chi connectivity index (χ1n) is 10.4. The van der Waals surface area contributed by atoms with Crippen molar-refractivity contribution in [2.75, 3.05) is 6.61 Å². The lowest BCUT2D eigenvalue weighted by atomic mass is 9.99. The molecule has 3 heterocycles. The van der Waals surface area contributed by atoms with Gasteiger partial charge >= 0.3 is 5.97 Å². The van der Waals surface area contributed by atoms with Crippen LogP contribution in [0, 0.1) is 20.8 Å². The minimum Gasteiger partial charge on any atom is -0.466 e. The van der Waals surface area contributed by atoms with Gasteiger partial charge in [-0.25, -0.2) is 0 Å². The van der Waals surface area contributed by atoms with Gasteiger partial charge in [-0.1, -0.05) is 37.1 Å². The third-order valence-electron chi connectivity index (χ3n) is 5.48. The number of aliphatic imine (C=N–C) groups is 1. The molecule has 6 nitrogen and oxygen atoms in total. The Labute approximate surface area is 190 Å². The summed E-state index contributed by atoms with van der Waals surface area (Å²) in [5.41, 5.74) is 4.01. The normalized spacial score (nSPS) is 15.1. The topological polar surface area (TPSA) is 69.4 Å². The van der Waals surface area contributed by atoms with Crippen LogP contribution >= 0.6 is 22.9 Å². The Morgan fingerprint density at radius 1 is 1.19 bits per heavy atom. The number of nitrogens with zero attached hydrogens (tertiary/aromatic N) is 4. The highest BCUT2D eigenvalue weighted by molar-refractivity contribution is 7.15. The lowest BCUT2D eigenvalue weighted by Gasteiger charge is -2.12. The van der Waals surface area contributed by atoms with Crippen molar-refractivity contribution in [2.24, 2.45) is 4.99 Å². The average molecular weight is 457 g/mol. The summed E-state index contributed by atoms with van der Waals surface area (Å²) in [6, 6.07) is 7.16. The van der Waals surface area contributed by atoms with Crippen LogP contribution in [0.15, 0.2) is 29.3 Å². The number of carbonyl (C=O) groups is 1. The summed E-state index contributed by atoms with van der Waals surface area (Å²) >= 11 is 7.82. The van der Waals surface area contributed by atoms with E-state index in [-0.39, 0.29) is 12.4 Å². The summed E-state index contributed by atoms with van der Waals surface area (Å²) in [4.78, 5) is 18.9. The number of hydrogen-bond acceptors (Lipinski definition) is 6. The summed E-state index contributed by atoms with van der Waals surface area (Å²) in [5.74, 6) is 1.16. The van der Waals surface area contributed by atoms with Crippen LogP contribution in [0.4, 0.5) is 0 Å². The lowest BCUT2D eigenvalue weighted by molar-refractivity contribution is -0.144. The number of ether oxygens (including phenoxy) is 1. The summed E-state index contributed by atoms with van der Waals surface area (Å²) in [6.45, 7) is 8.63. The molecule has 4 rings (SSSR count). The van der Waals surface area contributed by atoms with E-state index in [0.29, 0.717) is 17.5 Å². The molecule has 0 saturated carbocycles. The first kappa shape index (κ1) is 21.7. The van der Waals surface area contributed by atoms with E-state index in [2.05, 4.69) is 31.0 Å². The van der Waals surface area contributed by atoms with Crippen LogP contribution < -0.4 is 0 Å². The smallest absolute Gasteiger partial charge is 0.308 e. The molecule has 0 saturated heterocycles. The number of unbranched alkanes of at least 4 members (excludes halogenated alkanes) is 1. The van der Waals surface area contributed by atoms with E-state index in [1.807, 2.05) is 35.8 Å². The van der Waals surface area contributed by atoms with Crippen LogP contribution in [-0.2, 0) is 9.53 Å². The van der Waals surface area contributed by atoms with Gasteiger partial charge in [0.15, 0.2) is 5.82 Å². The number of rotatable bonds is 6. The number of esters is 1. The van der Waals surface area contributed by atoms with Gasteiger partial charge in [-0.05, 0) is 44.9 Å². The van der Waals surface area contributed by atoms with Gasteiger partial charge < -0.3 is 4.74 Å². The van der Waals surface area contributed by atoms with Crippen molar-refractivity contribution in [1.82, 2.24) is 14.8 Å². The Morgan fingerprint density at radius 2 is 1.94 bits per heavy atom. The number of fused-ring (bicyclic) bond motifs is 3. The van der Waals surface area contributed by atoms with Gasteiger partial charge in [-0.3, -0.25) is 14.4 Å². The molecule has 0 N–H and O–H groups in total. The predicted octanol–water partition coefficient (Wildman–Crippen LogP) is 5.53. The maximum atomic E-state index is 12.6.